The Balaban J connectivity index is 4.01. The van der Waals surface area contributed by atoms with Crippen molar-refractivity contribution in [2.24, 2.45) is 5.41 Å². The molecule has 0 aromatic carbocycles. The van der Waals surface area contributed by atoms with Gasteiger partial charge < -0.3 is 15.2 Å². The first kappa shape index (κ1) is 15.1. The van der Waals surface area contributed by atoms with Crippen molar-refractivity contribution in [3.8, 4) is 0 Å². The van der Waals surface area contributed by atoms with E-state index in [1.807, 2.05) is 13.8 Å². The van der Waals surface area contributed by atoms with Crippen molar-refractivity contribution >= 4 is 11.7 Å². The summed E-state index contributed by atoms with van der Waals surface area (Å²) in [6, 6.07) is 0. The molecule has 0 aliphatic rings. The highest BCUT2D eigenvalue weighted by molar-refractivity contribution is 5.83. The molecule has 0 aliphatic heterocycles. The number of Topliss-reactive ketones (excluding diaryl/α,β-unsaturated/α-hetero) is 1. The van der Waals surface area contributed by atoms with E-state index in [2.05, 4.69) is 5.32 Å². The third-order valence-corrected chi connectivity index (χ3v) is 3.20. The summed E-state index contributed by atoms with van der Waals surface area (Å²) >= 11 is 0. The average molecular weight is 229 g/mol. The summed E-state index contributed by atoms with van der Waals surface area (Å²) in [4.78, 5) is 22.1. The van der Waals surface area contributed by atoms with Crippen LogP contribution in [0, 0.1) is 5.41 Å². The van der Waals surface area contributed by atoms with Gasteiger partial charge in [0.2, 0.25) is 5.91 Å². The van der Waals surface area contributed by atoms with Gasteiger partial charge in [-0.15, -0.1) is 0 Å². The Morgan fingerprint density at radius 2 is 1.75 bits per heavy atom. The number of carbonyl (C=O) groups excluding carboxylic acids is 2. The highest BCUT2D eigenvalue weighted by atomic mass is 16.3. The molecule has 0 aromatic rings. The van der Waals surface area contributed by atoms with Crippen molar-refractivity contribution in [1.29, 1.82) is 0 Å². The van der Waals surface area contributed by atoms with Crippen LogP contribution in [-0.2, 0) is 9.59 Å². The third-order valence-electron chi connectivity index (χ3n) is 3.20. The Labute approximate surface area is 97.4 Å². The van der Waals surface area contributed by atoms with Crippen molar-refractivity contribution in [2.75, 3.05) is 13.2 Å². The third kappa shape index (κ3) is 5.26. The molecular formula is C12H23NO3. The summed E-state index contributed by atoms with van der Waals surface area (Å²) in [5.74, 6) is -0.0931. The van der Waals surface area contributed by atoms with Gasteiger partial charge in [0, 0.05) is 24.8 Å². The number of hydrogen-bond acceptors (Lipinski definition) is 3. The van der Waals surface area contributed by atoms with E-state index in [1.54, 1.807) is 0 Å². The number of amides is 1. The molecule has 0 spiro atoms. The van der Waals surface area contributed by atoms with Gasteiger partial charge in [-0.1, -0.05) is 13.8 Å². The first-order valence-electron chi connectivity index (χ1n) is 5.86. The lowest BCUT2D eigenvalue weighted by atomic mass is 9.83. The summed E-state index contributed by atoms with van der Waals surface area (Å²) < 4.78 is 0. The zero-order valence-corrected chi connectivity index (χ0v) is 10.5. The normalized spacial score (nSPS) is 11.2. The molecule has 0 fully saturated rings. The van der Waals surface area contributed by atoms with E-state index in [1.165, 1.54) is 6.92 Å². The van der Waals surface area contributed by atoms with E-state index < -0.39 is 0 Å². The van der Waals surface area contributed by atoms with Gasteiger partial charge in [0.1, 0.15) is 5.78 Å². The first-order chi connectivity index (χ1) is 7.49. The Bertz CT molecular complexity index is 226. The Hall–Kier alpha value is -0.900. The smallest absolute Gasteiger partial charge is 0.220 e. The fourth-order valence-corrected chi connectivity index (χ4v) is 1.44. The number of rotatable bonds is 8. The number of ketones is 1. The number of nitrogens with one attached hydrogen (secondary N) is 1. The molecule has 0 heterocycles. The van der Waals surface area contributed by atoms with Crippen LogP contribution in [-0.4, -0.2) is 29.9 Å². The van der Waals surface area contributed by atoms with E-state index in [-0.39, 0.29) is 36.6 Å². The second-order valence-corrected chi connectivity index (χ2v) is 4.34. The van der Waals surface area contributed by atoms with Gasteiger partial charge in [-0.3, -0.25) is 4.79 Å². The van der Waals surface area contributed by atoms with Crippen LogP contribution in [0.25, 0.3) is 0 Å². The van der Waals surface area contributed by atoms with Gasteiger partial charge in [0.05, 0.1) is 6.61 Å². The lowest BCUT2D eigenvalue weighted by Gasteiger charge is -2.29. The minimum absolute atomic E-state index is 0.0227. The molecule has 0 aliphatic carbocycles. The summed E-state index contributed by atoms with van der Waals surface area (Å²) in [5.41, 5.74) is -0.216. The fraction of sp³-hybridized carbons (Fsp3) is 0.833. The minimum Gasteiger partial charge on any atom is -0.396 e. The van der Waals surface area contributed by atoms with E-state index in [4.69, 9.17) is 0 Å². The van der Waals surface area contributed by atoms with Crippen LogP contribution < -0.4 is 5.32 Å². The van der Waals surface area contributed by atoms with Crippen LogP contribution >= 0.6 is 0 Å². The second-order valence-electron chi connectivity index (χ2n) is 4.34. The second kappa shape index (κ2) is 7.39. The van der Waals surface area contributed by atoms with Crippen molar-refractivity contribution in [3.05, 3.63) is 0 Å². The highest BCUT2D eigenvalue weighted by Crippen LogP contribution is 2.24. The molecule has 0 rings (SSSR count). The van der Waals surface area contributed by atoms with E-state index in [9.17, 15) is 14.7 Å². The molecule has 4 nitrogen and oxygen atoms in total. The van der Waals surface area contributed by atoms with E-state index in [0.29, 0.717) is 6.54 Å². The lowest BCUT2D eigenvalue weighted by Crippen LogP contribution is -2.39. The molecule has 94 valence electrons. The summed E-state index contributed by atoms with van der Waals surface area (Å²) in [6.45, 7) is 6.03. The van der Waals surface area contributed by atoms with Gasteiger partial charge in [-0.05, 0) is 19.8 Å². The summed E-state index contributed by atoms with van der Waals surface area (Å²) in [5, 5.41) is 12.1. The van der Waals surface area contributed by atoms with Gasteiger partial charge in [-0.2, -0.15) is 0 Å². The molecule has 2 N–H and O–H groups in total. The van der Waals surface area contributed by atoms with Crippen LogP contribution in [0.2, 0.25) is 0 Å². The maximum atomic E-state index is 11.4. The number of carbonyl (C=O) groups is 2. The molecule has 16 heavy (non-hydrogen) atoms. The zero-order valence-electron chi connectivity index (χ0n) is 10.5. The quantitative estimate of drug-likeness (QED) is 0.658. The summed E-state index contributed by atoms with van der Waals surface area (Å²) in [6.07, 6.45) is 2.18. The first-order valence-corrected chi connectivity index (χ1v) is 5.86. The van der Waals surface area contributed by atoms with Crippen LogP contribution in [0.1, 0.15) is 46.5 Å². The Kier molecular flexibility index (Phi) is 6.97. The fourth-order valence-electron chi connectivity index (χ4n) is 1.44. The topological polar surface area (TPSA) is 66.4 Å². The molecular weight excluding hydrogens is 206 g/mol. The van der Waals surface area contributed by atoms with E-state index in [0.717, 1.165) is 12.8 Å². The summed E-state index contributed by atoms with van der Waals surface area (Å²) in [7, 11) is 0. The molecule has 0 saturated carbocycles. The molecule has 0 bridgehead atoms. The average Bonchev–Trinajstić information content (AvgIpc) is 2.29. The molecule has 0 aromatic heterocycles. The monoisotopic (exact) mass is 229 g/mol. The highest BCUT2D eigenvalue weighted by Gasteiger charge is 2.25. The van der Waals surface area contributed by atoms with Crippen LogP contribution in [0.5, 0.6) is 0 Å². The van der Waals surface area contributed by atoms with Crippen LogP contribution in [0.15, 0.2) is 0 Å². The molecule has 1 amide bonds. The van der Waals surface area contributed by atoms with Gasteiger partial charge in [0.25, 0.3) is 0 Å². The standard InChI is InChI=1S/C12H23NO3/c1-4-12(5-2,9-14)8-13-11(16)7-6-10(3)15/h14H,4-9H2,1-3H3,(H,13,16). The van der Waals surface area contributed by atoms with Crippen LogP contribution in [0.4, 0.5) is 0 Å². The largest absolute Gasteiger partial charge is 0.396 e. The number of aliphatic hydroxyl groups is 1. The Morgan fingerprint density at radius 3 is 2.12 bits per heavy atom. The van der Waals surface area contributed by atoms with Gasteiger partial charge in [0.15, 0.2) is 0 Å². The zero-order chi connectivity index (χ0) is 12.6. The van der Waals surface area contributed by atoms with Gasteiger partial charge >= 0.3 is 0 Å². The van der Waals surface area contributed by atoms with Crippen LogP contribution in [0.3, 0.4) is 0 Å². The van der Waals surface area contributed by atoms with Crippen molar-refractivity contribution in [1.82, 2.24) is 5.32 Å². The maximum absolute atomic E-state index is 11.4. The molecule has 0 radical (unpaired) electrons. The SMILES string of the molecule is CCC(CC)(CO)CNC(=O)CCC(C)=O. The molecule has 0 atom stereocenters. The minimum atomic E-state index is -0.216. The molecule has 0 saturated heterocycles. The predicted octanol–water partition coefficient (Wildman–Crippen LogP) is 1.27. The number of aliphatic hydroxyl groups excluding tert-OH is 1. The lowest BCUT2D eigenvalue weighted by molar-refractivity contribution is -0.125. The van der Waals surface area contributed by atoms with Crippen molar-refractivity contribution < 1.29 is 14.7 Å². The number of hydrogen-bond donors (Lipinski definition) is 2. The van der Waals surface area contributed by atoms with E-state index >= 15 is 0 Å². The van der Waals surface area contributed by atoms with Crippen molar-refractivity contribution in [3.63, 3.8) is 0 Å². The molecule has 4 heteroatoms. The van der Waals surface area contributed by atoms with Gasteiger partial charge in [-0.25, -0.2) is 0 Å². The molecule has 0 unspecified atom stereocenters. The van der Waals surface area contributed by atoms with Crippen molar-refractivity contribution in [2.45, 2.75) is 46.5 Å². The maximum Gasteiger partial charge on any atom is 0.220 e. The predicted molar refractivity (Wildman–Crippen MR) is 63.0 cm³/mol. The Morgan fingerprint density at radius 1 is 1.19 bits per heavy atom.